The highest BCUT2D eigenvalue weighted by Gasteiger charge is 2.51. The fourth-order valence-corrected chi connectivity index (χ4v) is 9.89. The Morgan fingerprint density at radius 1 is 0.700 bits per heavy atom. The van der Waals surface area contributed by atoms with Crippen LogP contribution < -0.4 is 0 Å². The lowest BCUT2D eigenvalue weighted by atomic mass is 9.48. The number of likely N-dealkylation sites (tertiary alicyclic amines) is 1. The van der Waals surface area contributed by atoms with Crippen molar-refractivity contribution in [1.29, 1.82) is 0 Å². The van der Waals surface area contributed by atoms with E-state index in [2.05, 4.69) is 24.0 Å². The standard InChI is InChI=1S/C43H73NO6/c1-2-3-4-5-6-7-8-9-10-11-12-13-14-15-16-20-41(46)49-34-36(35-50-42(47)48-26-19-25-44-23-17-18-24-44)21-22-40(45)33-43-30-37-27-38(31-43)29-39(28-37)32-43/h9-10,36-39H,2-8,11-35H2,1H3/b10-9+. The fourth-order valence-electron chi connectivity index (χ4n) is 9.89. The molecule has 0 amide bonds. The smallest absolute Gasteiger partial charge is 0.465 e. The maximum Gasteiger partial charge on any atom is 0.508 e. The molecule has 4 saturated carbocycles. The van der Waals surface area contributed by atoms with Crippen LogP contribution in [0.3, 0.4) is 0 Å². The van der Waals surface area contributed by atoms with Crippen LogP contribution in [0.15, 0.2) is 12.2 Å². The lowest BCUT2D eigenvalue weighted by Crippen LogP contribution is -2.46. The van der Waals surface area contributed by atoms with Crippen molar-refractivity contribution >= 4 is 17.9 Å². The molecule has 1 aliphatic heterocycles. The molecule has 286 valence electrons. The first kappa shape index (κ1) is 40.9. The van der Waals surface area contributed by atoms with Crippen molar-refractivity contribution in [1.82, 2.24) is 4.90 Å². The van der Waals surface area contributed by atoms with E-state index < -0.39 is 6.16 Å². The summed E-state index contributed by atoms with van der Waals surface area (Å²) in [6.07, 6.45) is 33.2. The average molecular weight is 700 g/mol. The number of ketones is 1. The fraction of sp³-hybridized carbons (Fsp3) is 0.884. The molecule has 5 rings (SSSR count). The molecule has 5 aliphatic rings. The number of rotatable bonds is 28. The zero-order chi connectivity index (χ0) is 35.3. The predicted octanol–water partition coefficient (Wildman–Crippen LogP) is 10.8. The van der Waals surface area contributed by atoms with Crippen molar-refractivity contribution < 1.29 is 28.6 Å². The van der Waals surface area contributed by atoms with E-state index in [1.807, 2.05) is 0 Å². The number of allylic oxidation sites excluding steroid dienone is 2. The van der Waals surface area contributed by atoms with Crippen LogP contribution in [0.25, 0.3) is 0 Å². The van der Waals surface area contributed by atoms with Gasteiger partial charge < -0.3 is 19.1 Å². The Hall–Kier alpha value is -1.89. The number of unbranched alkanes of at least 4 members (excludes halogenated alkanes) is 11. The van der Waals surface area contributed by atoms with E-state index >= 15 is 0 Å². The maximum atomic E-state index is 13.3. The minimum Gasteiger partial charge on any atom is -0.465 e. The molecule has 4 bridgehead atoms. The Kier molecular flexibility index (Phi) is 19.3. The summed E-state index contributed by atoms with van der Waals surface area (Å²) in [5.41, 5.74) is 0.229. The molecule has 7 heteroatoms. The molecule has 1 saturated heterocycles. The summed E-state index contributed by atoms with van der Waals surface area (Å²) in [6.45, 7) is 6.09. The minimum absolute atomic E-state index is 0.107. The van der Waals surface area contributed by atoms with Gasteiger partial charge in [0.05, 0.1) is 13.2 Å². The first-order chi connectivity index (χ1) is 24.4. The van der Waals surface area contributed by atoms with Gasteiger partial charge in [-0.05, 0) is 133 Å². The molecule has 0 aromatic heterocycles. The normalized spacial score (nSPS) is 24.9. The van der Waals surface area contributed by atoms with Gasteiger partial charge in [-0.1, -0.05) is 70.4 Å². The maximum absolute atomic E-state index is 13.3. The molecule has 7 nitrogen and oxygen atoms in total. The Labute approximate surface area is 305 Å². The Balaban J connectivity index is 1.08. The molecule has 0 radical (unpaired) electrons. The van der Waals surface area contributed by atoms with Gasteiger partial charge in [-0.2, -0.15) is 0 Å². The van der Waals surface area contributed by atoms with Crippen LogP contribution >= 0.6 is 0 Å². The number of esters is 1. The van der Waals surface area contributed by atoms with Crippen molar-refractivity contribution in [2.75, 3.05) is 39.5 Å². The quantitative estimate of drug-likeness (QED) is 0.0457. The molecule has 50 heavy (non-hydrogen) atoms. The van der Waals surface area contributed by atoms with Crippen LogP contribution in [-0.4, -0.2) is 62.3 Å². The number of hydrogen-bond donors (Lipinski definition) is 0. The second-order valence-electron chi connectivity index (χ2n) is 16.9. The number of carbonyl (C=O) groups excluding carboxylic acids is 3. The number of ether oxygens (including phenoxy) is 3. The number of carbonyl (C=O) groups is 3. The average Bonchev–Trinajstić information content (AvgIpc) is 3.61. The Bertz CT molecular complexity index is 968. The topological polar surface area (TPSA) is 82.1 Å². The number of hydrogen-bond acceptors (Lipinski definition) is 7. The second kappa shape index (κ2) is 23.6. The van der Waals surface area contributed by atoms with Gasteiger partial charge in [0.25, 0.3) is 0 Å². The lowest BCUT2D eigenvalue weighted by Gasteiger charge is -2.56. The van der Waals surface area contributed by atoms with E-state index in [0.29, 0.717) is 38.1 Å². The molecule has 1 unspecified atom stereocenters. The van der Waals surface area contributed by atoms with Crippen molar-refractivity contribution in [3.05, 3.63) is 12.2 Å². The van der Waals surface area contributed by atoms with E-state index in [4.69, 9.17) is 14.2 Å². The molecule has 0 aromatic carbocycles. The number of Topliss-reactive ketones (excluding diaryl/α,β-unsaturated/α-hetero) is 1. The third-order valence-electron chi connectivity index (χ3n) is 12.2. The van der Waals surface area contributed by atoms with Crippen molar-refractivity contribution in [2.45, 2.75) is 174 Å². The van der Waals surface area contributed by atoms with Crippen molar-refractivity contribution in [3.63, 3.8) is 0 Å². The first-order valence-corrected chi connectivity index (χ1v) is 21.3. The second-order valence-corrected chi connectivity index (χ2v) is 16.9. The molecular formula is C43H73NO6. The SMILES string of the molecule is CCCCCCCC/C=C/CCCCCCCC(=O)OCC(CCC(=O)CC12CC3CC(CC(C3)C1)C2)COC(=O)OCCCN1CCCC1. The first-order valence-electron chi connectivity index (χ1n) is 21.3. The van der Waals surface area contributed by atoms with E-state index in [0.717, 1.165) is 69.5 Å². The zero-order valence-corrected chi connectivity index (χ0v) is 32.0. The summed E-state index contributed by atoms with van der Waals surface area (Å²) in [4.78, 5) is 40.7. The van der Waals surface area contributed by atoms with Gasteiger partial charge in [-0.15, -0.1) is 0 Å². The van der Waals surface area contributed by atoms with Crippen LogP contribution in [-0.2, 0) is 23.8 Å². The van der Waals surface area contributed by atoms with Gasteiger partial charge in [-0.25, -0.2) is 4.79 Å². The summed E-state index contributed by atoms with van der Waals surface area (Å²) in [5, 5.41) is 0. The molecule has 4 aliphatic carbocycles. The van der Waals surface area contributed by atoms with Gasteiger partial charge >= 0.3 is 12.1 Å². The predicted molar refractivity (Wildman–Crippen MR) is 201 cm³/mol. The van der Waals surface area contributed by atoms with Crippen LogP contribution in [0.5, 0.6) is 0 Å². The molecule has 0 N–H and O–H groups in total. The zero-order valence-electron chi connectivity index (χ0n) is 32.0. The monoisotopic (exact) mass is 700 g/mol. The summed E-state index contributed by atoms with van der Waals surface area (Å²) >= 11 is 0. The van der Waals surface area contributed by atoms with Crippen LogP contribution in [0.1, 0.15) is 174 Å². The van der Waals surface area contributed by atoms with Crippen LogP contribution in [0, 0.1) is 29.1 Å². The molecule has 1 heterocycles. The van der Waals surface area contributed by atoms with E-state index in [1.165, 1.54) is 109 Å². The van der Waals surface area contributed by atoms with Crippen LogP contribution in [0.4, 0.5) is 4.79 Å². The summed E-state index contributed by atoms with van der Waals surface area (Å²) < 4.78 is 16.5. The summed E-state index contributed by atoms with van der Waals surface area (Å²) in [6, 6.07) is 0. The van der Waals surface area contributed by atoms with E-state index in [-0.39, 0.29) is 30.5 Å². The summed E-state index contributed by atoms with van der Waals surface area (Å²) in [5.74, 6) is 2.41. The van der Waals surface area contributed by atoms with Gasteiger partial charge in [0.2, 0.25) is 0 Å². The third-order valence-corrected chi connectivity index (χ3v) is 12.2. The highest BCUT2D eigenvalue weighted by molar-refractivity contribution is 5.79. The Morgan fingerprint density at radius 3 is 1.92 bits per heavy atom. The molecule has 0 spiro atoms. The third kappa shape index (κ3) is 16.2. The van der Waals surface area contributed by atoms with E-state index in [1.54, 1.807) is 0 Å². The largest absolute Gasteiger partial charge is 0.508 e. The van der Waals surface area contributed by atoms with E-state index in [9.17, 15) is 14.4 Å². The van der Waals surface area contributed by atoms with Crippen molar-refractivity contribution in [3.8, 4) is 0 Å². The highest BCUT2D eigenvalue weighted by atomic mass is 16.7. The molecule has 1 atom stereocenters. The molecular weight excluding hydrogens is 626 g/mol. The van der Waals surface area contributed by atoms with Gasteiger partial charge in [-0.3, -0.25) is 9.59 Å². The van der Waals surface area contributed by atoms with Gasteiger partial charge in [0, 0.05) is 31.7 Å². The number of nitrogens with zero attached hydrogens (tertiary/aromatic N) is 1. The van der Waals surface area contributed by atoms with Gasteiger partial charge in [0.15, 0.2) is 0 Å². The van der Waals surface area contributed by atoms with Crippen molar-refractivity contribution in [2.24, 2.45) is 29.1 Å². The summed E-state index contributed by atoms with van der Waals surface area (Å²) in [7, 11) is 0. The molecule has 5 fully saturated rings. The Morgan fingerprint density at radius 2 is 1.28 bits per heavy atom. The minimum atomic E-state index is -0.670. The lowest BCUT2D eigenvalue weighted by molar-refractivity contribution is -0.145. The van der Waals surface area contributed by atoms with Gasteiger partial charge in [0.1, 0.15) is 12.4 Å². The molecule has 0 aromatic rings. The van der Waals surface area contributed by atoms with Crippen LogP contribution in [0.2, 0.25) is 0 Å². The highest BCUT2D eigenvalue weighted by Crippen LogP contribution is 2.61.